The van der Waals surface area contributed by atoms with Crippen molar-refractivity contribution >= 4 is 5.97 Å². The third-order valence-corrected chi connectivity index (χ3v) is 6.69. The number of hydrogen-bond acceptors (Lipinski definition) is 3. The maximum Gasteiger partial charge on any atom is 0.306 e. The molecule has 1 fully saturated rings. The van der Waals surface area contributed by atoms with Crippen LogP contribution in [0, 0.1) is 0 Å². The molecule has 0 amide bonds. The molecule has 3 nitrogen and oxygen atoms in total. The van der Waals surface area contributed by atoms with Gasteiger partial charge in [-0.3, -0.25) is 4.79 Å². The number of rotatable bonds is 15. The second-order valence-corrected chi connectivity index (χ2v) is 9.40. The smallest absolute Gasteiger partial charge is 0.306 e. The summed E-state index contributed by atoms with van der Waals surface area (Å²) in [5.74, 6) is 1.24. The first-order valence-corrected chi connectivity index (χ1v) is 13.1. The van der Waals surface area contributed by atoms with Gasteiger partial charge in [0.1, 0.15) is 11.9 Å². The monoisotopic (exact) mass is 430 g/mol. The van der Waals surface area contributed by atoms with E-state index in [2.05, 4.69) is 45.0 Å². The van der Waals surface area contributed by atoms with Gasteiger partial charge in [0.25, 0.3) is 0 Å². The van der Waals surface area contributed by atoms with Crippen molar-refractivity contribution in [2.75, 3.05) is 0 Å². The zero-order valence-electron chi connectivity index (χ0n) is 20.4. The Balaban J connectivity index is 1.71. The van der Waals surface area contributed by atoms with Crippen LogP contribution in [0.15, 0.2) is 24.3 Å². The normalized spacial score (nSPS) is 19.7. The van der Waals surface area contributed by atoms with E-state index in [4.69, 9.17) is 9.47 Å². The van der Waals surface area contributed by atoms with E-state index >= 15 is 0 Å². The Morgan fingerprint density at radius 3 is 2.16 bits per heavy atom. The fourth-order valence-corrected chi connectivity index (χ4v) is 4.54. The fourth-order valence-electron chi connectivity index (χ4n) is 4.54. The number of esters is 1. The highest BCUT2D eigenvalue weighted by molar-refractivity contribution is 5.69. The van der Waals surface area contributed by atoms with E-state index in [1.54, 1.807) is 0 Å². The van der Waals surface area contributed by atoms with E-state index in [-0.39, 0.29) is 18.2 Å². The van der Waals surface area contributed by atoms with Gasteiger partial charge in [-0.1, -0.05) is 83.8 Å². The Morgan fingerprint density at radius 2 is 1.52 bits per heavy atom. The van der Waals surface area contributed by atoms with Crippen LogP contribution in [0.5, 0.6) is 5.75 Å². The standard InChI is InChI=1S/C28H46O3/c1-4-6-7-8-9-10-11-12-13-18-28(29)31-27-17-15-14-16-26(27)24-19-21-25(22-20-24)30-23(3)5-2/h19-23,26-27H,4-18H2,1-3H3/t23?,26-,27+/m1/s1. The molecule has 0 aliphatic heterocycles. The van der Waals surface area contributed by atoms with Crippen LogP contribution in [0.25, 0.3) is 0 Å². The zero-order valence-corrected chi connectivity index (χ0v) is 20.4. The van der Waals surface area contributed by atoms with Gasteiger partial charge in [0.15, 0.2) is 0 Å². The second kappa shape index (κ2) is 15.3. The second-order valence-electron chi connectivity index (χ2n) is 9.40. The highest BCUT2D eigenvalue weighted by Gasteiger charge is 2.29. The molecule has 3 atom stereocenters. The molecule has 31 heavy (non-hydrogen) atoms. The summed E-state index contributed by atoms with van der Waals surface area (Å²) in [6.45, 7) is 6.49. The van der Waals surface area contributed by atoms with Crippen LogP contribution in [-0.2, 0) is 9.53 Å². The lowest BCUT2D eigenvalue weighted by atomic mass is 9.81. The van der Waals surface area contributed by atoms with Crippen molar-refractivity contribution in [1.29, 1.82) is 0 Å². The molecule has 0 bridgehead atoms. The minimum atomic E-state index is -0.00318. The molecule has 1 unspecified atom stereocenters. The van der Waals surface area contributed by atoms with Gasteiger partial charge < -0.3 is 9.47 Å². The number of benzene rings is 1. The molecule has 0 N–H and O–H groups in total. The number of ether oxygens (including phenoxy) is 2. The highest BCUT2D eigenvalue weighted by atomic mass is 16.5. The van der Waals surface area contributed by atoms with Crippen LogP contribution in [0.1, 0.15) is 129 Å². The average Bonchev–Trinajstić information content (AvgIpc) is 2.79. The van der Waals surface area contributed by atoms with Gasteiger partial charge in [-0.2, -0.15) is 0 Å². The van der Waals surface area contributed by atoms with E-state index in [9.17, 15) is 4.79 Å². The Morgan fingerprint density at radius 1 is 0.903 bits per heavy atom. The fraction of sp³-hybridized carbons (Fsp3) is 0.750. The van der Waals surface area contributed by atoms with Crippen LogP contribution >= 0.6 is 0 Å². The van der Waals surface area contributed by atoms with Gasteiger partial charge >= 0.3 is 5.97 Å². The van der Waals surface area contributed by atoms with Crippen molar-refractivity contribution in [1.82, 2.24) is 0 Å². The van der Waals surface area contributed by atoms with E-state index in [0.717, 1.165) is 44.3 Å². The summed E-state index contributed by atoms with van der Waals surface area (Å²) in [6.07, 6.45) is 17.7. The van der Waals surface area contributed by atoms with Crippen LogP contribution in [0.4, 0.5) is 0 Å². The van der Waals surface area contributed by atoms with Crippen LogP contribution in [-0.4, -0.2) is 18.2 Å². The van der Waals surface area contributed by atoms with Crippen LogP contribution < -0.4 is 4.74 Å². The Labute approximate surface area is 191 Å². The number of unbranched alkanes of at least 4 members (excludes halogenated alkanes) is 8. The SMILES string of the molecule is CCCCCCCCCCCC(=O)O[C@H]1CCCC[C@@H]1c1ccc(OC(C)CC)cc1. The summed E-state index contributed by atoms with van der Waals surface area (Å²) in [6, 6.07) is 8.46. The summed E-state index contributed by atoms with van der Waals surface area (Å²) in [7, 11) is 0. The lowest BCUT2D eigenvalue weighted by Crippen LogP contribution is -2.28. The minimum Gasteiger partial charge on any atom is -0.491 e. The van der Waals surface area contributed by atoms with Crippen molar-refractivity contribution in [3.63, 3.8) is 0 Å². The maximum atomic E-state index is 12.5. The highest BCUT2D eigenvalue weighted by Crippen LogP contribution is 2.36. The molecular formula is C28H46O3. The topological polar surface area (TPSA) is 35.5 Å². The molecule has 176 valence electrons. The molecule has 1 aromatic rings. The van der Waals surface area contributed by atoms with E-state index in [1.165, 1.54) is 56.9 Å². The molecule has 1 aromatic carbocycles. The summed E-state index contributed by atoms with van der Waals surface area (Å²) < 4.78 is 11.9. The largest absolute Gasteiger partial charge is 0.491 e. The summed E-state index contributed by atoms with van der Waals surface area (Å²) >= 11 is 0. The number of carbonyl (C=O) groups is 1. The van der Waals surface area contributed by atoms with Gasteiger partial charge in [0, 0.05) is 12.3 Å². The van der Waals surface area contributed by atoms with Crippen LogP contribution in [0.2, 0.25) is 0 Å². The molecule has 0 aromatic heterocycles. The van der Waals surface area contributed by atoms with Gasteiger partial charge in [0.05, 0.1) is 6.10 Å². The molecule has 0 spiro atoms. The third-order valence-electron chi connectivity index (χ3n) is 6.69. The third kappa shape index (κ3) is 10.1. The lowest BCUT2D eigenvalue weighted by Gasteiger charge is -2.31. The molecule has 3 heteroatoms. The molecule has 2 rings (SSSR count). The van der Waals surface area contributed by atoms with Crippen molar-refractivity contribution in [2.24, 2.45) is 0 Å². The zero-order chi connectivity index (χ0) is 22.3. The molecule has 0 saturated heterocycles. The molecule has 1 saturated carbocycles. The summed E-state index contributed by atoms with van der Waals surface area (Å²) in [4.78, 5) is 12.5. The number of hydrogen-bond donors (Lipinski definition) is 0. The predicted molar refractivity (Wildman–Crippen MR) is 130 cm³/mol. The lowest BCUT2D eigenvalue weighted by molar-refractivity contribution is -0.151. The minimum absolute atomic E-state index is 0.00318. The van der Waals surface area contributed by atoms with Gasteiger partial charge in [-0.05, 0) is 56.7 Å². The van der Waals surface area contributed by atoms with Gasteiger partial charge in [-0.25, -0.2) is 0 Å². The Bertz CT molecular complexity index is 595. The van der Waals surface area contributed by atoms with Crippen molar-refractivity contribution in [3.05, 3.63) is 29.8 Å². The van der Waals surface area contributed by atoms with Gasteiger partial charge in [0.2, 0.25) is 0 Å². The summed E-state index contributed by atoms with van der Waals surface area (Å²) in [5.41, 5.74) is 1.28. The molecule has 1 aliphatic carbocycles. The van der Waals surface area contributed by atoms with Gasteiger partial charge in [-0.15, -0.1) is 0 Å². The quantitative estimate of drug-likeness (QED) is 0.207. The predicted octanol–water partition coefficient (Wildman–Crippen LogP) is 8.35. The molecule has 0 radical (unpaired) electrons. The number of carbonyl (C=O) groups excluding carboxylic acids is 1. The van der Waals surface area contributed by atoms with Crippen molar-refractivity contribution in [2.45, 2.75) is 135 Å². The van der Waals surface area contributed by atoms with Crippen molar-refractivity contribution in [3.8, 4) is 5.75 Å². The van der Waals surface area contributed by atoms with E-state index in [0.29, 0.717) is 12.3 Å². The molecule has 1 aliphatic rings. The van der Waals surface area contributed by atoms with E-state index in [1.807, 2.05) is 0 Å². The molecule has 0 heterocycles. The van der Waals surface area contributed by atoms with Crippen LogP contribution in [0.3, 0.4) is 0 Å². The van der Waals surface area contributed by atoms with E-state index < -0.39 is 0 Å². The molecular weight excluding hydrogens is 384 g/mol. The maximum absolute atomic E-state index is 12.5. The Hall–Kier alpha value is -1.51. The average molecular weight is 431 g/mol. The first kappa shape index (κ1) is 25.7. The first-order chi connectivity index (χ1) is 15.1. The Kier molecular flexibility index (Phi) is 12.7. The summed E-state index contributed by atoms with van der Waals surface area (Å²) in [5, 5.41) is 0. The van der Waals surface area contributed by atoms with Crippen molar-refractivity contribution < 1.29 is 14.3 Å². The first-order valence-electron chi connectivity index (χ1n) is 13.1.